The molecular weight excluding hydrogens is 422 g/mol. The van der Waals surface area contributed by atoms with Gasteiger partial charge in [-0.3, -0.25) is 4.79 Å². The maximum absolute atomic E-state index is 12.8. The van der Waals surface area contributed by atoms with E-state index in [4.69, 9.17) is 0 Å². The van der Waals surface area contributed by atoms with Gasteiger partial charge >= 0.3 is 0 Å². The molecule has 0 atom stereocenters. The van der Waals surface area contributed by atoms with Crippen LogP contribution in [0.15, 0.2) is 83.9 Å². The van der Waals surface area contributed by atoms with Crippen molar-refractivity contribution in [2.45, 2.75) is 24.8 Å². The molecule has 1 aromatic heterocycles. The summed E-state index contributed by atoms with van der Waals surface area (Å²) in [6.45, 7) is 2.35. The number of aromatic amines is 1. The second-order valence-corrected chi connectivity index (χ2v) is 9.39. The standard InChI is InChI=1S/C25H25N3O3S/c1-18-11-12-20(15-24(18)32(30,31)28-16-19-7-3-2-4-8-19)25(29)26-14-13-21-17-27-23-10-6-5-9-22(21)23/h2-12,15,17,27-28H,13-14,16H2,1H3,(H,26,29). The fourth-order valence-corrected chi connectivity index (χ4v) is 4.92. The summed E-state index contributed by atoms with van der Waals surface area (Å²) in [6.07, 6.45) is 2.62. The van der Waals surface area contributed by atoms with Crippen molar-refractivity contribution < 1.29 is 13.2 Å². The van der Waals surface area contributed by atoms with Crippen LogP contribution in [0, 0.1) is 6.92 Å². The largest absolute Gasteiger partial charge is 0.361 e. The summed E-state index contributed by atoms with van der Waals surface area (Å²) in [6, 6.07) is 22.1. The molecule has 7 heteroatoms. The van der Waals surface area contributed by atoms with Crippen LogP contribution >= 0.6 is 0 Å². The molecule has 0 bridgehead atoms. The van der Waals surface area contributed by atoms with E-state index in [0.717, 1.165) is 22.0 Å². The van der Waals surface area contributed by atoms with Crippen LogP contribution in [0.3, 0.4) is 0 Å². The average molecular weight is 448 g/mol. The predicted octanol–water partition coefficient (Wildman–Crippen LogP) is 3.93. The Hall–Kier alpha value is -3.42. The van der Waals surface area contributed by atoms with Crippen LogP contribution in [0.25, 0.3) is 10.9 Å². The number of hydrogen-bond donors (Lipinski definition) is 3. The number of H-pyrrole nitrogens is 1. The van der Waals surface area contributed by atoms with Crippen LogP contribution in [0.4, 0.5) is 0 Å². The Kier molecular flexibility index (Phi) is 6.39. The molecule has 164 valence electrons. The Bertz CT molecular complexity index is 1350. The van der Waals surface area contributed by atoms with Crippen molar-refractivity contribution in [1.82, 2.24) is 15.0 Å². The molecule has 1 heterocycles. The van der Waals surface area contributed by atoms with E-state index in [1.54, 1.807) is 19.1 Å². The first-order chi connectivity index (χ1) is 15.4. The second kappa shape index (κ2) is 9.38. The van der Waals surface area contributed by atoms with Crippen molar-refractivity contribution >= 4 is 26.8 Å². The molecule has 0 fully saturated rings. The van der Waals surface area contributed by atoms with E-state index >= 15 is 0 Å². The summed E-state index contributed by atoms with van der Waals surface area (Å²) in [5.41, 5.74) is 3.94. The van der Waals surface area contributed by atoms with E-state index in [2.05, 4.69) is 15.0 Å². The van der Waals surface area contributed by atoms with E-state index in [0.29, 0.717) is 24.1 Å². The minimum Gasteiger partial charge on any atom is -0.361 e. The number of hydrogen-bond acceptors (Lipinski definition) is 3. The molecule has 6 nitrogen and oxygen atoms in total. The number of carbonyl (C=O) groups is 1. The smallest absolute Gasteiger partial charge is 0.251 e. The van der Waals surface area contributed by atoms with Gasteiger partial charge in [0.1, 0.15) is 0 Å². The lowest BCUT2D eigenvalue weighted by molar-refractivity contribution is 0.0954. The number of nitrogens with one attached hydrogen (secondary N) is 3. The monoisotopic (exact) mass is 447 g/mol. The number of sulfonamides is 1. The summed E-state index contributed by atoms with van der Waals surface area (Å²) in [5.74, 6) is -0.302. The number of aromatic nitrogens is 1. The molecule has 3 N–H and O–H groups in total. The van der Waals surface area contributed by atoms with E-state index in [1.807, 2.05) is 60.8 Å². The zero-order chi connectivity index (χ0) is 22.6. The number of aryl methyl sites for hydroxylation is 1. The van der Waals surface area contributed by atoms with Crippen molar-refractivity contribution in [3.63, 3.8) is 0 Å². The molecule has 0 saturated heterocycles. The number of para-hydroxylation sites is 1. The first-order valence-electron chi connectivity index (χ1n) is 10.4. The number of carbonyl (C=O) groups excluding carboxylic acids is 1. The average Bonchev–Trinajstić information content (AvgIpc) is 3.22. The van der Waals surface area contributed by atoms with E-state index < -0.39 is 10.0 Å². The second-order valence-electron chi connectivity index (χ2n) is 7.66. The van der Waals surface area contributed by atoms with Crippen molar-refractivity contribution in [1.29, 1.82) is 0 Å². The fourth-order valence-electron chi connectivity index (χ4n) is 3.63. The van der Waals surface area contributed by atoms with Gasteiger partial charge in [-0.2, -0.15) is 0 Å². The number of benzene rings is 3. The molecular formula is C25H25N3O3S. The van der Waals surface area contributed by atoms with Crippen molar-refractivity contribution in [3.8, 4) is 0 Å². The first kappa shape index (κ1) is 21.8. The third kappa shape index (κ3) is 4.90. The van der Waals surface area contributed by atoms with Crippen molar-refractivity contribution in [3.05, 3.63) is 101 Å². The molecule has 0 aliphatic carbocycles. The molecule has 1 amide bonds. The van der Waals surface area contributed by atoms with Gasteiger partial charge < -0.3 is 10.3 Å². The van der Waals surface area contributed by atoms with Gasteiger partial charge in [0.25, 0.3) is 5.91 Å². The summed E-state index contributed by atoms with van der Waals surface area (Å²) in [5, 5.41) is 4.02. The molecule has 4 rings (SSSR count). The summed E-state index contributed by atoms with van der Waals surface area (Å²) >= 11 is 0. The lowest BCUT2D eigenvalue weighted by Gasteiger charge is -2.12. The van der Waals surface area contributed by atoms with E-state index in [9.17, 15) is 13.2 Å². The minimum atomic E-state index is -3.76. The normalized spacial score (nSPS) is 11.5. The summed E-state index contributed by atoms with van der Waals surface area (Å²) in [4.78, 5) is 16.0. The number of amides is 1. The lowest BCUT2D eigenvalue weighted by atomic mass is 10.1. The molecule has 0 unspecified atom stereocenters. The van der Waals surface area contributed by atoms with Gasteiger partial charge in [0.15, 0.2) is 0 Å². The van der Waals surface area contributed by atoms with Gasteiger partial charge in [-0.1, -0.05) is 54.6 Å². The molecule has 0 aliphatic rings. The van der Waals surface area contributed by atoms with E-state index in [1.165, 1.54) is 6.07 Å². The third-order valence-corrected chi connectivity index (χ3v) is 6.95. The van der Waals surface area contributed by atoms with Crippen LogP contribution < -0.4 is 10.0 Å². The zero-order valence-electron chi connectivity index (χ0n) is 17.8. The highest BCUT2D eigenvalue weighted by molar-refractivity contribution is 7.89. The Morgan fingerprint density at radius 3 is 2.53 bits per heavy atom. The Labute approximate surface area is 187 Å². The van der Waals surface area contributed by atoms with Gasteiger partial charge in [-0.25, -0.2) is 13.1 Å². The lowest BCUT2D eigenvalue weighted by Crippen LogP contribution is -2.27. The summed E-state index contributed by atoms with van der Waals surface area (Å²) < 4.78 is 28.3. The van der Waals surface area contributed by atoms with Gasteiger partial charge in [-0.15, -0.1) is 0 Å². The zero-order valence-corrected chi connectivity index (χ0v) is 18.6. The molecule has 32 heavy (non-hydrogen) atoms. The highest BCUT2D eigenvalue weighted by Crippen LogP contribution is 2.19. The van der Waals surface area contributed by atoms with Crippen molar-refractivity contribution in [2.24, 2.45) is 0 Å². The van der Waals surface area contributed by atoms with E-state index in [-0.39, 0.29) is 17.3 Å². The Morgan fingerprint density at radius 2 is 1.72 bits per heavy atom. The van der Waals surface area contributed by atoms with Crippen LogP contribution in [-0.4, -0.2) is 25.9 Å². The SMILES string of the molecule is Cc1ccc(C(=O)NCCc2c[nH]c3ccccc23)cc1S(=O)(=O)NCc1ccccc1. The maximum atomic E-state index is 12.8. The third-order valence-electron chi connectivity index (χ3n) is 5.40. The number of fused-ring (bicyclic) bond motifs is 1. The first-order valence-corrected chi connectivity index (χ1v) is 11.9. The van der Waals surface area contributed by atoms with Crippen molar-refractivity contribution in [2.75, 3.05) is 6.54 Å². The topological polar surface area (TPSA) is 91.1 Å². The van der Waals surface area contributed by atoms with Gasteiger partial charge in [0.2, 0.25) is 10.0 Å². The maximum Gasteiger partial charge on any atom is 0.251 e. The Balaban J connectivity index is 1.42. The van der Waals surface area contributed by atoms with Crippen LogP contribution in [0.2, 0.25) is 0 Å². The summed E-state index contributed by atoms with van der Waals surface area (Å²) in [7, 11) is -3.76. The molecule has 4 aromatic rings. The van der Waals surface area contributed by atoms with Gasteiger partial charge in [-0.05, 0) is 48.2 Å². The number of rotatable bonds is 8. The molecule has 0 radical (unpaired) electrons. The molecule has 0 saturated carbocycles. The van der Waals surface area contributed by atoms with Crippen LogP contribution in [0.5, 0.6) is 0 Å². The molecule has 0 spiro atoms. The molecule has 0 aliphatic heterocycles. The minimum absolute atomic E-state index is 0.109. The van der Waals surface area contributed by atoms with Gasteiger partial charge in [0.05, 0.1) is 4.90 Å². The highest BCUT2D eigenvalue weighted by Gasteiger charge is 2.19. The quantitative estimate of drug-likeness (QED) is 0.382. The van der Waals surface area contributed by atoms with Crippen LogP contribution in [-0.2, 0) is 23.0 Å². The van der Waals surface area contributed by atoms with Crippen LogP contribution in [0.1, 0.15) is 27.0 Å². The fraction of sp³-hybridized carbons (Fsp3) is 0.160. The highest BCUT2D eigenvalue weighted by atomic mass is 32.2. The van der Waals surface area contributed by atoms with Gasteiger partial charge in [0, 0.05) is 35.8 Å². The Morgan fingerprint density at radius 1 is 0.969 bits per heavy atom. The predicted molar refractivity (Wildman–Crippen MR) is 126 cm³/mol. The molecule has 3 aromatic carbocycles.